The van der Waals surface area contributed by atoms with Crippen LogP contribution < -0.4 is 0 Å². The quantitative estimate of drug-likeness (QED) is 0.853. The third-order valence-electron chi connectivity index (χ3n) is 3.40. The molecular weight excluding hydrogens is 310 g/mol. The third kappa shape index (κ3) is 3.37. The van der Waals surface area contributed by atoms with Crippen molar-refractivity contribution in [2.45, 2.75) is 19.4 Å². The fourth-order valence-electron chi connectivity index (χ4n) is 2.21. The summed E-state index contributed by atoms with van der Waals surface area (Å²) in [6, 6.07) is 5.83. The highest BCUT2D eigenvalue weighted by atomic mass is 79.9. The lowest BCUT2D eigenvalue weighted by atomic mass is 10.2. The Morgan fingerprint density at radius 3 is 2.68 bits per heavy atom. The van der Waals surface area contributed by atoms with Crippen molar-refractivity contribution in [2.75, 3.05) is 26.2 Å². The predicted octanol–water partition coefficient (Wildman–Crippen LogP) is 2.10. The van der Waals surface area contributed by atoms with Gasteiger partial charge >= 0.3 is 0 Å². The summed E-state index contributed by atoms with van der Waals surface area (Å²) in [6.45, 7) is 5.00. The number of piperazine rings is 1. The topological polar surface area (TPSA) is 60.5 Å². The van der Waals surface area contributed by atoms with Crippen molar-refractivity contribution in [3.05, 3.63) is 22.6 Å². The molecule has 102 valence electrons. The molecule has 0 spiro atoms. The van der Waals surface area contributed by atoms with Crippen LogP contribution in [0.4, 0.5) is 0 Å². The molecule has 6 heteroatoms. The zero-order chi connectivity index (χ0) is 13.8. The summed E-state index contributed by atoms with van der Waals surface area (Å²) < 4.78 is 5.85. The maximum atomic E-state index is 12.2. The fourth-order valence-corrected chi connectivity index (χ4v) is 2.52. The molecule has 1 atom stereocenters. The van der Waals surface area contributed by atoms with E-state index in [1.807, 2.05) is 6.92 Å². The molecule has 1 fully saturated rings. The first-order chi connectivity index (χ1) is 9.11. The van der Waals surface area contributed by atoms with E-state index in [2.05, 4.69) is 26.9 Å². The Balaban J connectivity index is 1.90. The molecule has 1 saturated heterocycles. The van der Waals surface area contributed by atoms with Gasteiger partial charge in [-0.15, -0.1) is 0 Å². The van der Waals surface area contributed by atoms with Gasteiger partial charge in [-0.25, -0.2) is 0 Å². The summed E-state index contributed by atoms with van der Waals surface area (Å²) in [5, 5.41) is 8.70. The van der Waals surface area contributed by atoms with Crippen LogP contribution in [0.5, 0.6) is 0 Å². The Morgan fingerprint density at radius 1 is 1.47 bits per heavy atom. The highest BCUT2D eigenvalue weighted by Crippen LogP contribution is 2.17. The Bertz CT molecular complexity index is 486. The summed E-state index contributed by atoms with van der Waals surface area (Å²) in [6.07, 6.45) is 0.527. The molecule has 1 aromatic rings. The summed E-state index contributed by atoms with van der Waals surface area (Å²) >= 11 is 3.19. The van der Waals surface area contributed by atoms with Gasteiger partial charge in [0.1, 0.15) is 0 Å². The van der Waals surface area contributed by atoms with E-state index in [4.69, 9.17) is 9.68 Å². The van der Waals surface area contributed by atoms with E-state index in [1.165, 1.54) is 0 Å². The van der Waals surface area contributed by atoms with Crippen molar-refractivity contribution < 1.29 is 9.21 Å². The SMILES string of the molecule is CC(CC#N)N1CCN(C(=O)c2ccc(Br)o2)CC1. The van der Waals surface area contributed by atoms with Gasteiger partial charge in [0.05, 0.1) is 12.5 Å². The molecule has 1 aliphatic heterocycles. The molecule has 1 aromatic heterocycles. The smallest absolute Gasteiger partial charge is 0.289 e. The van der Waals surface area contributed by atoms with E-state index in [1.54, 1.807) is 17.0 Å². The number of nitrogens with zero attached hydrogens (tertiary/aromatic N) is 3. The summed E-state index contributed by atoms with van der Waals surface area (Å²) in [7, 11) is 0. The number of hydrogen-bond acceptors (Lipinski definition) is 4. The molecular formula is C13H16BrN3O2. The zero-order valence-electron chi connectivity index (χ0n) is 10.8. The Labute approximate surface area is 120 Å². The lowest BCUT2D eigenvalue weighted by Crippen LogP contribution is -2.51. The van der Waals surface area contributed by atoms with Gasteiger partial charge in [-0.05, 0) is 35.0 Å². The molecule has 0 radical (unpaired) electrons. The minimum absolute atomic E-state index is 0.0710. The number of rotatable bonds is 3. The van der Waals surface area contributed by atoms with Crippen LogP contribution in [-0.4, -0.2) is 47.9 Å². The van der Waals surface area contributed by atoms with Crippen molar-refractivity contribution >= 4 is 21.8 Å². The number of halogens is 1. The minimum Gasteiger partial charge on any atom is -0.444 e. The van der Waals surface area contributed by atoms with Crippen LogP contribution >= 0.6 is 15.9 Å². The molecule has 1 amide bonds. The number of hydrogen-bond donors (Lipinski definition) is 0. The largest absolute Gasteiger partial charge is 0.444 e. The lowest BCUT2D eigenvalue weighted by molar-refractivity contribution is 0.0555. The van der Waals surface area contributed by atoms with Gasteiger partial charge < -0.3 is 9.32 Å². The van der Waals surface area contributed by atoms with Crippen molar-refractivity contribution in [1.82, 2.24) is 9.80 Å². The van der Waals surface area contributed by atoms with Gasteiger partial charge in [-0.2, -0.15) is 5.26 Å². The van der Waals surface area contributed by atoms with Crippen molar-refractivity contribution in [1.29, 1.82) is 5.26 Å². The Morgan fingerprint density at radius 2 is 2.16 bits per heavy atom. The normalized spacial score (nSPS) is 18.1. The molecule has 1 aliphatic rings. The molecule has 0 aromatic carbocycles. The maximum absolute atomic E-state index is 12.2. The van der Waals surface area contributed by atoms with Crippen LogP contribution in [-0.2, 0) is 0 Å². The average Bonchev–Trinajstić information content (AvgIpc) is 2.85. The first-order valence-electron chi connectivity index (χ1n) is 6.27. The number of furan rings is 1. The van der Waals surface area contributed by atoms with Crippen molar-refractivity contribution in [3.63, 3.8) is 0 Å². The molecule has 0 bridgehead atoms. The number of carbonyl (C=O) groups excluding carboxylic acids is 1. The van der Waals surface area contributed by atoms with E-state index in [9.17, 15) is 4.79 Å². The fraction of sp³-hybridized carbons (Fsp3) is 0.538. The van der Waals surface area contributed by atoms with Crippen LogP contribution in [0.25, 0.3) is 0 Å². The molecule has 1 unspecified atom stereocenters. The minimum atomic E-state index is -0.0710. The molecule has 0 saturated carbocycles. The molecule has 2 rings (SSSR count). The maximum Gasteiger partial charge on any atom is 0.289 e. The second-order valence-electron chi connectivity index (χ2n) is 4.64. The van der Waals surface area contributed by atoms with Crippen LogP contribution in [0.2, 0.25) is 0 Å². The summed E-state index contributed by atoms with van der Waals surface area (Å²) in [4.78, 5) is 16.2. The molecule has 2 heterocycles. The highest BCUT2D eigenvalue weighted by molar-refractivity contribution is 9.10. The lowest BCUT2D eigenvalue weighted by Gasteiger charge is -2.37. The van der Waals surface area contributed by atoms with Gasteiger partial charge in [0, 0.05) is 32.2 Å². The van der Waals surface area contributed by atoms with Gasteiger partial charge in [0.15, 0.2) is 10.4 Å². The van der Waals surface area contributed by atoms with E-state index in [0.29, 0.717) is 29.9 Å². The standard InChI is InChI=1S/C13H16BrN3O2/c1-10(4-5-15)16-6-8-17(9-7-16)13(18)11-2-3-12(14)19-11/h2-3,10H,4,6-9H2,1H3. The van der Waals surface area contributed by atoms with Crippen molar-refractivity contribution in [2.24, 2.45) is 0 Å². The van der Waals surface area contributed by atoms with Gasteiger partial charge in [-0.1, -0.05) is 0 Å². The van der Waals surface area contributed by atoms with Crippen LogP contribution in [0, 0.1) is 11.3 Å². The number of carbonyl (C=O) groups is 1. The van der Waals surface area contributed by atoms with Crippen LogP contribution in [0.1, 0.15) is 23.9 Å². The van der Waals surface area contributed by atoms with E-state index in [0.717, 1.165) is 13.1 Å². The average molecular weight is 326 g/mol. The second kappa shape index (κ2) is 6.22. The van der Waals surface area contributed by atoms with E-state index in [-0.39, 0.29) is 11.9 Å². The monoisotopic (exact) mass is 325 g/mol. The van der Waals surface area contributed by atoms with Crippen molar-refractivity contribution in [3.8, 4) is 6.07 Å². The van der Waals surface area contributed by atoms with Gasteiger partial charge in [0.2, 0.25) is 0 Å². The van der Waals surface area contributed by atoms with Crippen LogP contribution in [0.3, 0.4) is 0 Å². The summed E-state index contributed by atoms with van der Waals surface area (Å²) in [5.74, 6) is 0.295. The zero-order valence-corrected chi connectivity index (χ0v) is 12.4. The number of amides is 1. The van der Waals surface area contributed by atoms with Gasteiger partial charge in [0.25, 0.3) is 5.91 Å². The van der Waals surface area contributed by atoms with Crippen LogP contribution in [0.15, 0.2) is 21.2 Å². The molecule has 0 N–H and O–H groups in total. The number of nitriles is 1. The third-order valence-corrected chi connectivity index (χ3v) is 3.82. The highest BCUT2D eigenvalue weighted by Gasteiger charge is 2.26. The van der Waals surface area contributed by atoms with E-state index >= 15 is 0 Å². The van der Waals surface area contributed by atoms with Gasteiger partial charge in [-0.3, -0.25) is 9.69 Å². The molecule has 19 heavy (non-hydrogen) atoms. The summed E-state index contributed by atoms with van der Waals surface area (Å²) in [5.41, 5.74) is 0. The Hall–Kier alpha value is -1.32. The first kappa shape index (κ1) is 14.1. The predicted molar refractivity (Wildman–Crippen MR) is 73.6 cm³/mol. The second-order valence-corrected chi connectivity index (χ2v) is 5.42. The van der Waals surface area contributed by atoms with E-state index < -0.39 is 0 Å². The molecule has 5 nitrogen and oxygen atoms in total. The first-order valence-corrected chi connectivity index (χ1v) is 7.06. The Kier molecular flexibility index (Phi) is 4.61. The molecule has 0 aliphatic carbocycles.